The van der Waals surface area contributed by atoms with Crippen LogP contribution in [0.25, 0.3) is 11.0 Å². The zero-order valence-electron chi connectivity index (χ0n) is 12.0. The molecule has 3 nitrogen and oxygen atoms in total. The van der Waals surface area contributed by atoms with Crippen LogP contribution in [0.4, 0.5) is 0 Å². The second-order valence-electron chi connectivity index (χ2n) is 5.22. The summed E-state index contributed by atoms with van der Waals surface area (Å²) in [7, 11) is 0. The molecule has 0 aliphatic rings. The standard InChI is InChI=1S/C17H19N3/c1-3-6-17-19-15-7-4-5-8-16(15)20(17)12-14-9-13(2)10-18-11-14/h4-5,7-11H,3,6,12H2,1-2H3. The molecular weight excluding hydrogens is 246 g/mol. The molecule has 102 valence electrons. The molecule has 0 radical (unpaired) electrons. The van der Waals surface area contributed by atoms with Gasteiger partial charge in [0.05, 0.1) is 17.6 Å². The van der Waals surface area contributed by atoms with Crippen molar-refractivity contribution in [3.8, 4) is 0 Å². The van der Waals surface area contributed by atoms with Gasteiger partial charge in [-0.15, -0.1) is 0 Å². The maximum absolute atomic E-state index is 4.76. The maximum atomic E-state index is 4.76. The van der Waals surface area contributed by atoms with Gasteiger partial charge in [0.25, 0.3) is 0 Å². The number of fused-ring (bicyclic) bond motifs is 1. The number of nitrogens with zero attached hydrogens (tertiary/aromatic N) is 3. The highest BCUT2D eigenvalue weighted by Crippen LogP contribution is 2.19. The van der Waals surface area contributed by atoms with Crippen molar-refractivity contribution in [2.75, 3.05) is 0 Å². The van der Waals surface area contributed by atoms with E-state index >= 15 is 0 Å². The summed E-state index contributed by atoms with van der Waals surface area (Å²) in [5.41, 5.74) is 4.71. The van der Waals surface area contributed by atoms with Gasteiger partial charge in [-0.2, -0.15) is 0 Å². The Kier molecular flexibility index (Phi) is 3.50. The van der Waals surface area contributed by atoms with E-state index in [2.05, 4.69) is 47.7 Å². The lowest BCUT2D eigenvalue weighted by Gasteiger charge is -2.09. The Labute approximate surface area is 119 Å². The van der Waals surface area contributed by atoms with Crippen LogP contribution < -0.4 is 0 Å². The van der Waals surface area contributed by atoms with E-state index in [1.807, 2.05) is 18.5 Å². The molecule has 3 aromatic rings. The summed E-state index contributed by atoms with van der Waals surface area (Å²) in [6, 6.07) is 10.5. The predicted molar refractivity (Wildman–Crippen MR) is 81.8 cm³/mol. The van der Waals surface area contributed by atoms with Crippen molar-refractivity contribution in [3.05, 3.63) is 59.7 Å². The molecule has 2 aromatic heterocycles. The Morgan fingerprint density at radius 2 is 2.00 bits per heavy atom. The molecule has 0 saturated heterocycles. The summed E-state index contributed by atoms with van der Waals surface area (Å²) >= 11 is 0. The minimum absolute atomic E-state index is 0.838. The molecule has 1 aromatic carbocycles. The third kappa shape index (κ3) is 2.44. The fraction of sp³-hybridized carbons (Fsp3) is 0.294. The van der Waals surface area contributed by atoms with Gasteiger partial charge in [-0.1, -0.05) is 25.1 Å². The molecule has 0 aliphatic heterocycles. The summed E-state index contributed by atoms with van der Waals surface area (Å²) in [5.74, 6) is 1.16. The molecule has 0 aliphatic carbocycles. The van der Waals surface area contributed by atoms with Crippen LogP contribution in [0.15, 0.2) is 42.7 Å². The molecule has 0 N–H and O–H groups in total. The highest BCUT2D eigenvalue weighted by molar-refractivity contribution is 5.76. The smallest absolute Gasteiger partial charge is 0.110 e. The average molecular weight is 265 g/mol. The number of hydrogen-bond donors (Lipinski definition) is 0. The van der Waals surface area contributed by atoms with Crippen LogP contribution in [0.5, 0.6) is 0 Å². The highest BCUT2D eigenvalue weighted by atomic mass is 15.1. The molecule has 0 atom stereocenters. The molecule has 3 heteroatoms. The maximum Gasteiger partial charge on any atom is 0.110 e. The second-order valence-corrected chi connectivity index (χ2v) is 5.22. The third-order valence-corrected chi connectivity index (χ3v) is 3.48. The average Bonchev–Trinajstić information content (AvgIpc) is 2.78. The molecule has 2 heterocycles. The monoisotopic (exact) mass is 265 g/mol. The largest absolute Gasteiger partial charge is 0.323 e. The Hall–Kier alpha value is -2.16. The molecular formula is C17H19N3. The molecule has 0 spiro atoms. The van der Waals surface area contributed by atoms with Crippen LogP contribution in [-0.4, -0.2) is 14.5 Å². The van der Waals surface area contributed by atoms with Gasteiger partial charge in [0.15, 0.2) is 0 Å². The summed E-state index contributed by atoms with van der Waals surface area (Å²) in [5, 5.41) is 0. The lowest BCUT2D eigenvalue weighted by molar-refractivity contribution is 0.719. The van der Waals surface area contributed by atoms with Crippen molar-refractivity contribution in [1.82, 2.24) is 14.5 Å². The first-order valence-corrected chi connectivity index (χ1v) is 7.12. The second kappa shape index (κ2) is 5.45. The van der Waals surface area contributed by atoms with E-state index in [4.69, 9.17) is 4.98 Å². The fourth-order valence-electron chi connectivity index (χ4n) is 2.60. The van der Waals surface area contributed by atoms with Gasteiger partial charge in [0.1, 0.15) is 5.82 Å². The number of benzene rings is 1. The van der Waals surface area contributed by atoms with Gasteiger partial charge < -0.3 is 4.57 Å². The van der Waals surface area contributed by atoms with Gasteiger partial charge >= 0.3 is 0 Å². The first-order chi connectivity index (χ1) is 9.78. The number of hydrogen-bond acceptors (Lipinski definition) is 2. The quantitative estimate of drug-likeness (QED) is 0.719. The van der Waals surface area contributed by atoms with Crippen molar-refractivity contribution < 1.29 is 0 Å². The summed E-state index contributed by atoms with van der Waals surface area (Å²) in [6.45, 7) is 5.11. The minimum Gasteiger partial charge on any atom is -0.323 e. The number of imidazole rings is 1. The van der Waals surface area contributed by atoms with Crippen LogP contribution in [0.1, 0.15) is 30.3 Å². The topological polar surface area (TPSA) is 30.7 Å². The normalized spacial score (nSPS) is 11.1. The van der Waals surface area contributed by atoms with Gasteiger partial charge in [-0.05, 0) is 36.6 Å². The Morgan fingerprint density at radius 3 is 2.80 bits per heavy atom. The SMILES string of the molecule is CCCc1nc2ccccc2n1Cc1cncc(C)c1. The lowest BCUT2D eigenvalue weighted by atomic mass is 10.2. The molecule has 0 saturated carbocycles. The van der Waals surface area contributed by atoms with E-state index in [0.29, 0.717) is 0 Å². The number of rotatable bonds is 4. The predicted octanol–water partition coefficient (Wildman–Crippen LogP) is 3.74. The first kappa shape index (κ1) is 12.9. The van der Waals surface area contributed by atoms with Crippen LogP contribution in [0, 0.1) is 6.92 Å². The van der Waals surface area contributed by atoms with Gasteiger partial charge in [0.2, 0.25) is 0 Å². The Morgan fingerprint density at radius 1 is 1.15 bits per heavy atom. The van der Waals surface area contributed by atoms with Crippen molar-refractivity contribution in [2.24, 2.45) is 0 Å². The summed E-state index contributed by atoms with van der Waals surface area (Å²) in [4.78, 5) is 9.05. The summed E-state index contributed by atoms with van der Waals surface area (Å²) < 4.78 is 2.31. The van der Waals surface area contributed by atoms with Crippen LogP contribution in [-0.2, 0) is 13.0 Å². The molecule has 0 unspecified atom stereocenters. The van der Waals surface area contributed by atoms with Gasteiger partial charge in [-0.25, -0.2) is 4.98 Å². The lowest BCUT2D eigenvalue weighted by Crippen LogP contribution is -2.05. The number of para-hydroxylation sites is 2. The van der Waals surface area contributed by atoms with Crippen molar-refractivity contribution in [3.63, 3.8) is 0 Å². The van der Waals surface area contributed by atoms with E-state index in [1.165, 1.54) is 16.6 Å². The number of pyridine rings is 1. The molecule has 3 rings (SSSR count). The molecule has 0 amide bonds. The van der Waals surface area contributed by atoms with Gasteiger partial charge in [-0.3, -0.25) is 4.98 Å². The summed E-state index contributed by atoms with van der Waals surface area (Å²) in [6.07, 6.45) is 5.95. The van der Waals surface area contributed by atoms with Crippen LogP contribution in [0.2, 0.25) is 0 Å². The van der Waals surface area contributed by atoms with E-state index in [9.17, 15) is 0 Å². The minimum atomic E-state index is 0.838. The number of aryl methyl sites for hydroxylation is 2. The van der Waals surface area contributed by atoms with Crippen molar-refractivity contribution >= 4 is 11.0 Å². The molecule has 0 fully saturated rings. The van der Waals surface area contributed by atoms with Crippen molar-refractivity contribution in [2.45, 2.75) is 33.2 Å². The van der Waals surface area contributed by atoms with Crippen molar-refractivity contribution in [1.29, 1.82) is 0 Å². The number of aromatic nitrogens is 3. The zero-order valence-corrected chi connectivity index (χ0v) is 12.0. The molecule has 20 heavy (non-hydrogen) atoms. The zero-order chi connectivity index (χ0) is 13.9. The first-order valence-electron chi connectivity index (χ1n) is 7.12. The fourth-order valence-corrected chi connectivity index (χ4v) is 2.60. The molecule has 0 bridgehead atoms. The van der Waals surface area contributed by atoms with Crippen LogP contribution in [0.3, 0.4) is 0 Å². The van der Waals surface area contributed by atoms with E-state index in [-0.39, 0.29) is 0 Å². The highest BCUT2D eigenvalue weighted by Gasteiger charge is 2.10. The van der Waals surface area contributed by atoms with Gasteiger partial charge in [0, 0.05) is 18.8 Å². The Bertz CT molecular complexity index is 728. The van der Waals surface area contributed by atoms with E-state index in [0.717, 1.165) is 30.7 Å². The van der Waals surface area contributed by atoms with E-state index < -0.39 is 0 Å². The Balaban J connectivity index is 2.06. The van der Waals surface area contributed by atoms with E-state index in [1.54, 1.807) is 0 Å². The van der Waals surface area contributed by atoms with Crippen LogP contribution >= 0.6 is 0 Å². The third-order valence-electron chi connectivity index (χ3n) is 3.48.